The van der Waals surface area contributed by atoms with Gasteiger partial charge >= 0.3 is 0 Å². The Bertz CT molecular complexity index is 820. The summed E-state index contributed by atoms with van der Waals surface area (Å²) in [4.78, 5) is 9.47. The summed E-state index contributed by atoms with van der Waals surface area (Å²) in [5.74, 6) is 0.435. The van der Waals surface area contributed by atoms with E-state index < -0.39 is 0 Å². The van der Waals surface area contributed by atoms with Crippen molar-refractivity contribution in [3.8, 4) is 0 Å². The predicted molar refractivity (Wildman–Crippen MR) is 88.0 cm³/mol. The molecule has 110 valence electrons. The van der Waals surface area contributed by atoms with Gasteiger partial charge in [0.25, 0.3) is 0 Å². The molecule has 3 aromatic heterocycles. The van der Waals surface area contributed by atoms with Crippen LogP contribution in [0.15, 0.2) is 24.4 Å². The van der Waals surface area contributed by atoms with Gasteiger partial charge in [0.1, 0.15) is 5.65 Å². The Kier molecular flexibility index (Phi) is 3.05. The van der Waals surface area contributed by atoms with Gasteiger partial charge in [-0.2, -0.15) is 0 Å². The number of hydrogen-bond donors (Lipinski definition) is 0. The van der Waals surface area contributed by atoms with Crippen LogP contribution < -0.4 is 0 Å². The van der Waals surface area contributed by atoms with Gasteiger partial charge in [-0.25, -0.2) is 4.98 Å². The lowest BCUT2D eigenvalue weighted by Gasteiger charge is -2.22. The van der Waals surface area contributed by atoms with E-state index >= 15 is 0 Å². The van der Waals surface area contributed by atoms with Crippen LogP contribution in [0.5, 0.6) is 0 Å². The van der Waals surface area contributed by atoms with Crippen molar-refractivity contribution in [1.82, 2.24) is 14.4 Å². The van der Waals surface area contributed by atoms with Gasteiger partial charge in [-0.3, -0.25) is 4.98 Å². The van der Waals surface area contributed by atoms with Gasteiger partial charge in [0.2, 0.25) is 0 Å². The normalized spacial score (nSPS) is 12.7. The second kappa shape index (κ2) is 4.55. The fourth-order valence-corrected chi connectivity index (χ4v) is 2.79. The van der Waals surface area contributed by atoms with E-state index in [9.17, 15) is 0 Å². The smallest absolute Gasteiger partial charge is 0.146 e. The zero-order valence-electron chi connectivity index (χ0n) is 13.7. The maximum Gasteiger partial charge on any atom is 0.146 e. The van der Waals surface area contributed by atoms with E-state index in [4.69, 9.17) is 4.98 Å². The number of imidazole rings is 1. The van der Waals surface area contributed by atoms with Crippen molar-refractivity contribution in [2.75, 3.05) is 0 Å². The van der Waals surface area contributed by atoms with E-state index in [2.05, 4.69) is 69.1 Å². The second-order valence-electron chi connectivity index (χ2n) is 7.16. The SMILES string of the molecule is Cc1cnc2c3ccc(C(C)C)nc3cc(C(C)(C)C)n12. The number of aryl methyl sites for hydroxylation is 1. The quantitative estimate of drug-likeness (QED) is 0.652. The molecule has 3 heteroatoms. The molecule has 21 heavy (non-hydrogen) atoms. The summed E-state index contributed by atoms with van der Waals surface area (Å²) in [6.45, 7) is 13.2. The Hall–Kier alpha value is -1.90. The van der Waals surface area contributed by atoms with Crippen LogP contribution >= 0.6 is 0 Å². The van der Waals surface area contributed by atoms with E-state index in [0.717, 1.165) is 22.2 Å². The molecule has 0 aliphatic carbocycles. The first-order chi connectivity index (χ1) is 9.79. The summed E-state index contributed by atoms with van der Waals surface area (Å²) in [6, 6.07) is 6.50. The molecule has 0 N–H and O–H groups in total. The number of aromatic nitrogens is 3. The van der Waals surface area contributed by atoms with E-state index in [1.807, 2.05) is 6.20 Å². The maximum absolute atomic E-state index is 4.85. The largest absolute Gasteiger partial charge is 0.300 e. The molecule has 0 unspecified atom stereocenters. The Labute approximate surface area is 126 Å². The lowest BCUT2D eigenvalue weighted by molar-refractivity contribution is 0.559. The van der Waals surface area contributed by atoms with Crippen molar-refractivity contribution in [3.05, 3.63) is 41.5 Å². The van der Waals surface area contributed by atoms with Gasteiger partial charge in [0, 0.05) is 34.1 Å². The van der Waals surface area contributed by atoms with E-state index in [-0.39, 0.29) is 5.41 Å². The van der Waals surface area contributed by atoms with E-state index in [0.29, 0.717) is 5.92 Å². The molecule has 3 nitrogen and oxygen atoms in total. The van der Waals surface area contributed by atoms with Gasteiger partial charge in [0.15, 0.2) is 0 Å². The Morgan fingerprint density at radius 3 is 2.48 bits per heavy atom. The first-order valence-corrected chi connectivity index (χ1v) is 7.57. The molecule has 0 saturated carbocycles. The van der Waals surface area contributed by atoms with E-state index in [1.54, 1.807) is 0 Å². The molecular formula is C18H23N3. The molecule has 0 spiro atoms. The van der Waals surface area contributed by atoms with Crippen LogP contribution in [0.1, 0.15) is 57.6 Å². The standard InChI is InChI=1S/C18H23N3/c1-11(2)14-8-7-13-15(20-14)9-16(18(4,5)6)21-12(3)10-19-17(13)21/h7-11H,1-6H3. The molecule has 0 atom stereocenters. The molecular weight excluding hydrogens is 258 g/mol. The molecule has 3 rings (SSSR count). The summed E-state index contributed by atoms with van der Waals surface area (Å²) in [6.07, 6.45) is 1.94. The Morgan fingerprint density at radius 2 is 1.86 bits per heavy atom. The third-order valence-corrected chi connectivity index (χ3v) is 4.00. The van der Waals surface area contributed by atoms with Gasteiger partial charge in [-0.15, -0.1) is 0 Å². The fraction of sp³-hybridized carbons (Fsp3) is 0.444. The lowest BCUT2D eigenvalue weighted by Crippen LogP contribution is -2.17. The maximum atomic E-state index is 4.85. The fourth-order valence-electron chi connectivity index (χ4n) is 2.79. The van der Waals surface area contributed by atoms with Gasteiger partial charge in [0.05, 0.1) is 5.52 Å². The van der Waals surface area contributed by atoms with Crippen molar-refractivity contribution in [1.29, 1.82) is 0 Å². The van der Waals surface area contributed by atoms with Crippen LogP contribution in [0.25, 0.3) is 16.6 Å². The van der Waals surface area contributed by atoms with Crippen LogP contribution in [0, 0.1) is 6.92 Å². The minimum absolute atomic E-state index is 0.0490. The lowest BCUT2D eigenvalue weighted by atomic mass is 9.90. The highest BCUT2D eigenvalue weighted by molar-refractivity contribution is 5.92. The summed E-state index contributed by atoms with van der Waals surface area (Å²) < 4.78 is 2.26. The first-order valence-electron chi connectivity index (χ1n) is 7.57. The monoisotopic (exact) mass is 281 g/mol. The third kappa shape index (κ3) is 2.21. The average Bonchev–Trinajstić information content (AvgIpc) is 2.78. The minimum atomic E-state index is 0.0490. The van der Waals surface area contributed by atoms with Crippen LogP contribution in [0.3, 0.4) is 0 Å². The number of fused-ring (bicyclic) bond motifs is 3. The van der Waals surface area contributed by atoms with Crippen molar-refractivity contribution < 1.29 is 0 Å². The summed E-state index contributed by atoms with van der Waals surface area (Å²) >= 11 is 0. The number of pyridine rings is 2. The zero-order valence-corrected chi connectivity index (χ0v) is 13.7. The summed E-state index contributed by atoms with van der Waals surface area (Å²) in [7, 11) is 0. The van der Waals surface area contributed by atoms with Crippen LogP contribution in [-0.4, -0.2) is 14.4 Å². The molecule has 0 amide bonds. The Morgan fingerprint density at radius 1 is 1.14 bits per heavy atom. The van der Waals surface area contributed by atoms with Gasteiger partial charge in [-0.1, -0.05) is 34.6 Å². The van der Waals surface area contributed by atoms with Crippen molar-refractivity contribution in [3.63, 3.8) is 0 Å². The molecule has 3 aromatic rings. The van der Waals surface area contributed by atoms with Gasteiger partial charge < -0.3 is 4.40 Å². The highest BCUT2D eigenvalue weighted by atomic mass is 15.0. The minimum Gasteiger partial charge on any atom is -0.300 e. The Balaban J connectivity index is 2.45. The molecule has 0 aliphatic heterocycles. The summed E-state index contributed by atoms with van der Waals surface area (Å²) in [5.41, 5.74) is 5.67. The van der Waals surface area contributed by atoms with Crippen molar-refractivity contribution in [2.24, 2.45) is 0 Å². The molecule has 0 bridgehead atoms. The first kappa shape index (κ1) is 14.1. The second-order valence-corrected chi connectivity index (χ2v) is 7.16. The third-order valence-electron chi connectivity index (χ3n) is 4.00. The molecule has 0 aliphatic rings. The predicted octanol–water partition coefficient (Wildman–Crippen LogP) is 4.61. The van der Waals surface area contributed by atoms with E-state index in [1.165, 1.54) is 11.4 Å². The summed E-state index contributed by atoms with van der Waals surface area (Å²) in [5, 5.41) is 1.13. The average molecular weight is 281 g/mol. The molecule has 0 radical (unpaired) electrons. The van der Waals surface area contributed by atoms with Crippen LogP contribution in [0.2, 0.25) is 0 Å². The van der Waals surface area contributed by atoms with Crippen molar-refractivity contribution >= 4 is 16.6 Å². The zero-order chi connectivity index (χ0) is 15.4. The molecule has 0 saturated heterocycles. The number of nitrogens with zero attached hydrogens (tertiary/aromatic N) is 3. The highest BCUT2D eigenvalue weighted by Crippen LogP contribution is 2.30. The topological polar surface area (TPSA) is 30.2 Å². The molecule has 0 fully saturated rings. The number of rotatable bonds is 1. The van der Waals surface area contributed by atoms with Gasteiger partial charge in [-0.05, 0) is 31.0 Å². The highest BCUT2D eigenvalue weighted by Gasteiger charge is 2.21. The number of hydrogen-bond acceptors (Lipinski definition) is 2. The molecule has 0 aromatic carbocycles. The van der Waals surface area contributed by atoms with Crippen LogP contribution in [-0.2, 0) is 5.41 Å². The molecule has 3 heterocycles. The van der Waals surface area contributed by atoms with Crippen LogP contribution in [0.4, 0.5) is 0 Å². The van der Waals surface area contributed by atoms with Crippen molar-refractivity contribution in [2.45, 2.75) is 52.9 Å².